The number of carbonyl (C=O) groups excluding carboxylic acids is 1. The molecule has 12 bridgehead atoms. The highest BCUT2D eigenvalue weighted by atomic mass is 16.8. The molecule has 49 heavy (non-hydrogen) atoms. The van der Waals surface area contributed by atoms with Crippen LogP contribution in [0.3, 0.4) is 0 Å². The van der Waals surface area contributed by atoms with Crippen LogP contribution in [-0.4, -0.2) is 115 Å². The lowest BCUT2D eigenvalue weighted by Crippen LogP contribution is -2.61. The molecule has 11 heteroatoms. The molecule has 10 heterocycles. The van der Waals surface area contributed by atoms with Gasteiger partial charge < -0.3 is 48.7 Å². The van der Waals surface area contributed by atoms with Crippen LogP contribution in [0.5, 0.6) is 0 Å². The molecule has 10 unspecified atom stereocenters. The van der Waals surface area contributed by atoms with Crippen LogP contribution in [0.2, 0.25) is 0 Å². The Bertz CT molecular complexity index is 1290. The average Bonchev–Trinajstić information content (AvgIpc) is 3.77. The maximum atomic E-state index is 13.8. The molecule has 10 rings (SSSR count). The van der Waals surface area contributed by atoms with Crippen LogP contribution < -0.4 is 5.73 Å². The molecule has 3 N–H and O–H groups in total. The third kappa shape index (κ3) is 6.42. The van der Waals surface area contributed by atoms with Gasteiger partial charge in [0, 0.05) is 45.1 Å². The largest absolute Gasteiger partial charge is 0.392 e. The van der Waals surface area contributed by atoms with Gasteiger partial charge in [0.15, 0.2) is 5.79 Å². The van der Waals surface area contributed by atoms with Gasteiger partial charge >= 0.3 is 0 Å². The second-order valence-corrected chi connectivity index (χ2v) is 16.6. The van der Waals surface area contributed by atoms with Gasteiger partial charge in [0.1, 0.15) is 36.3 Å². The molecule has 0 aromatic rings. The average molecular weight is 686 g/mol. The van der Waals surface area contributed by atoms with Crippen LogP contribution in [-0.2, 0) is 42.7 Å². The molecule has 0 saturated carbocycles. The highest BCUT2D eigenvalue weighted by Crippen LogP contribution is 2.54. The number of nitrogens with two attached hydrogens (primary N) is 1. The summed E-state index contributed by atoms with van der Waals surface area (Å²) < 4.78 is 53.6. The first kappa shape index (κ1) is 33.6. The van der Waals surface area contributed by atoms with Gasteiger partial charge in [-0.3, -0.25) is 4.79 Å². The Morgan fingerprint density at radius 3 is 2.37 bits per heavy atom. The number of Topliss-reactive ketones (excluding diaryl/α,β-unsaturated/α-hetero) is 1. The van der Waals surface area contributed by atoms with E-state index in [2.05, 4.69) is 13.2 Å². The van der Waals surface area contributed by atoms with Crippen molar-refractivity contribution in [1.29, 1.82) is 0 Å². The third-order valence-electron chi connectivity index (χ3n) is 13.2. The number of ketones is 1. The van der Waals surface area contributed by atoms with Crippen molar-refractivity contribution in [3.63, 3.8) is 0 Å². The van der Waals surface area contributed by atoms with Crippen LogP contribution >= 0.6 is 0 Å². The highest BCUT2D eigenvalue weighted by Gasteiger charge is 2.68. The Hall–Kier alpha value is -1.25. The monoisotopic (exact) mass is 685 g/mol. The van der Waals surface area contributed by atoms with Gasteiger partial charge in [0.25, 0.3) is 0 Å². The van der Waals surface area contributed by atoms with E-state index in [1.54, 1.807) is 0 Å². The predicted octanol–water partition coefficient (Wildman–Crippen LogP) is 3.57. The summed E-state index contributed by atoms with van der Waals surface area (Å²) in [6.45, 7) is 8.98. The number of hydrogen-bond acceptors (Lipinski definition) is 11. The molecule has 272 valence electrons. The number of aliphatic hydroxyl groups is 1. The second-order valence-electron chi connectivity index (χ2n) is 16.6. The topological polar surface area (TPSA) is 137 Å². The van der Waals surface area contributed by atoms with E-state index in [0.717, 1.165) is 62.5 Å². The van der Waals surface area contributed by atoms with Crippen LogP contribution in [0.4, 0.5) is 0 Å². The minimum atomic E-state index is -0.757. The summed E-state index contributed by atoms with van der Waals surface area (Å²) in [6, 6.07) is 0. The van der Waals surface area contributed by atoms with Crippen molar-refractivity contribution in [1.82, 2.24) is 0 Å². The molecular formula is C38H55NO10. The summed E-state index contributed by atoms with van der Waals surface area (Å²) in [5.41, 5.74) is 8.00. The number of hydrogen-bond donors (Lipinski definition) is 2. The zero-order chi connectivity index (χ0) is 33.4. The van der Waals surface area contributed by atoms with E-state index in [-0.39, 0.29) is 104 Å². The number of carbonyl (C=O) groups is 1. The van der Waals surface area contributed by atoms with Gasteiger partial charge in [-0.25, -0.2) is 0 Å². The standard InChI is InChI=1S/C38H55NO10/c1-19-3-4-24-5-7-28-20(2)11-26(43-28)9-10-38-17-32-34(48-38)35-36(47-32)37(49-38)33-29(46-35)8-6-25(45-33)14-22(40)12-21-13-27(15-23(41)18-39)44-31(21)16-30(19)42-24/h21,23-37,41H,1-18,39H2/t21?,23?,24?,25?,26?,27-,28?,29-,30?,31-,32+,33-,34?,35?,36?,37-,38-/m0/s1. The maximum Gasteiger partial charge on any atom is 0.172 e. The van der Waals surface area contributed by atoms with Crippen molar-refractivity contribution in [2.45, 2.75) is 194 Å². The van der Waals surface area contributed by atoms with Crippen molar-refractivity contribution < 1.29 is 47.8 Å². The van der Waals surface area contributed by atoms with Crippen LogP contribution in [0, 0.1) is 5.92 Å². The fraction of sp³-hybridized carbons (Fsp3) is 0.868. The Kier molecular flexibility index (Phi) is 9.12. The zero-order valence-corrected chi connectivity index (χ0v) is 28.7. The Morgan fingerprint density at radius 2 is 1.49 bits per heavy atom. The van der Waals surface area contributed by atoms with Gasteiger partial charge in [-0.05, 0) is 74.9 Å². The predicted molar refractivity (Wildman–Crippen MR) is 176 cm³/mol. The molecule has 0 aromatic carbocycles. The molecule has 10 aliphatic heterocycles. The van der Waals surface area contributed by atoms with Gasteiger partial charge in [-0.15, -0.1) is 0 Å². The van der Waals surface area contributed by atoms with Gasteiger partial charge in [0.05, 0.1) is 61.0 Å². The van der Waals surface area contributed by atoms with Crippen molar-refractivity contribution >= 4 is 5.78 Å². The molecule has 0 amide bonds. The molecular weight excluding hydrogens is 630 g/mol. The number of fused-ring (bicyclic) bond motifs is 6. The Labute approximate surface area is 289 Å². The molecule has 10 saturated heterocycles. The molecule has 17 atom stereocenters. The van der Waals surface area contributed by atoms with Crippen LogP contribution in [0.25, 0.3) is 0 Å². The minimum Gasteiger partial charge on any atom is -0.392 e. The normalized spacial score (nSPS) is 51.8. The SMILES string of the molecule is C=C1CC2CC[C@@]34C[C@H]5OC6C(O[C@H]7CCC(CC(=O)CC8C[C@@H](CC(O)CN)O[C@H]8CC8OC(CCC8=C)CCC1O2)O[C@@H]7[C@@H]6O3)C5O4. The number of rotatable bonds is 3. The van der Waals surface area contributed by atoms with E-state index < -0.39 is 11.9 Å². The summed E-state index contributed by atoms with van der Waals surface area (Å²) in [6.07, 6.45) is 8.43. The summed E-state index contributed by atoms with van der Waals surface area (Å²) in [4.78, 5) is 13.8. The highest BCUT2D eigenvalue weighted by molar-refractivity contribution is 5.79. The molecule has 1 spiro atoms. The van der Waals surface area contributed by atoms with Crippen molar-refractivity contribution in [2.24, 2.45) is 11.7 Å². The van der Waals surface area contributed by atoms with Crippen molar-refractivity contribution in [3.8, 4) is 0 Å². The molecule has 10 fully saturated rings. The summed E-state index contributed by atoms with van der Waals surface area (Å²) in [5.74, 6) is -0.555. The second kappa shape index (κ2) is 13.3. The van der Waals surface area contributed by atoms with Gasteiger partial charge in [0.2, 0.25) is 0 Å². The quantitative estimate of drug-likeness (QED) is 0.422. The Balaban J connectivity index is 0.966. The third-order valence-corrected chi connectivity index (χ3v) is 13.2. The van der Waals surface area contributed by atoms with Gasteiger partial charge in [-0.1, -0.05) is 13.2 Å². The first-order valence-corrected chi connectivity index (χ1v) is 19.3. The smallest absolute Gasteiger partial charge is 0.172 e. The summed E-state index contributed by atoms with van der Waals surface area (Å²) in [5, 5.41) is 10.3. The van der Waals surface area contributed by atoms with E-state index >= 15 is 0 Å². The van der Waals surface area contributed by atoms with Crippen molar-refractivity contribution in [2.75, 3.05) is 6.54 Å². The van der Waals surface area contributed by atoms with E-state index in [4.69, 9.17) is 43.6 Å². The maximum absolute atomic E-state index is 13.8. The zero-order valence-electron chi connectivity index (χ0n) is 28.7. The lowest BCUT2D eigenvalue weighted by molar-refractivity contribution is -0.292. The Morgan fingerprint density at radius 1 is 0.714 bits per heavy atom. The van der Waals surface area contributed by atoms with E-state index in [1.165, 1.54) is 0 Å². The van der Waals surface area contributed by atoms with Crippen LogP contribution in [0.15, 0.2) is 24.3 Å². The number of aliphatic hydroxyl groups excluding tert-OH is 1. The fourth-order valence-electron chi connectivity index (χ4n) is 10.7. The van der Waals surface area contributed by atoms with Gasteiger partial charge in [-0.2, -0.15) is 0 Å². The summed E-state index contributed by atoms with van der Waals surface area (Å²) in [7, 11) is 0. The molecule has 0 aromatic heterocycles. The molecule has 0 radical (unpaired) electrons. The number of ether oxygens (including phenoxy) is 8. The molecule has 0 aliphatic carbocycles. The van der Waals surface area contributed by atoms with E-state index in [1.807, 2.05) is 0 Å². The fourth-order valence-corrected chi connectivity index (χ4v) is 10.7. The lowest BCUT2D eigenvalue weighted by Gasteiger charge is -2.47. The lowest BCUT2D eigenvalue weighted by atomic mass is 9.84. The van der Waals surface area contributed by atoms with Crippen molar-refractivity contribution in [3.05, 3.63) is 24.3 Å². The molecule has 10 aliphatic rings. The minimum absolute atomic E-state index is 0.0141. The van der Waals surface area contributed by atoms with Crippen LogP contribution in [0.1, 0.15) is 96.3 Å². The molecule has 11 nitrogen and oxygen atoms in total. The first-order valence-electron chi connectivity index (χ1n) is 19.3. The first-order chi connectivity index (χ1) is 23.7. The van der Waals surface area contributed by atoms with E-state index in [9.17, 15) is 9.90 Å². The summed E-state index contributed by atoms with van der Waals surface area (Å²) >= 11 is 0. The van der Waals surface area contributed by atoms with E-state index in [0.29, 0.717) is 44.9 Å².